The van der Waals surface area contributed by atoms with Gasteiger partial charge in [0.15, 0.2) is 0 Å². The van der Waals surface area contributed by atoms with E-state index in [1.165, 1.54) is 25.8 Å². The quantitative estimate of drug-likeness (QED) is 0.765. The molecule has 2 atom stereocenters. The van der Waals surface area contributed by atoms with Crippen molar-refractivity contribution in [1.29, 1.82) is 0 Å². The predicted molar refractivity (Wildman–Crippen MR) is 65.7 cm³/mol. The number of hydrogen-bond acceptors (Lipinski definition) is 2. The van der Waals surface area contributed by atoms with E-state index in [2.05, 4.69) is 10.2 Å². The van der Waals surface area contributed by atoms with Crippen LogP contribution in [-0.2, 0) is 4.79 Å². The van der Waals surface area contributed by atoms with Gasteiger partial charge in [-0.05, 0) is 32.2 Å². The molecular formula is C12H21ClN2O. The average Bonchev–Trinajstić information content (AvgIpc) is 2.70. The summed E-state index contributed by atoms with van der Waals surface area (Å²) in [7, 11) is 0. The van der Waals surface area contributed by atoms with Crippen molar-refractivity contribution in [2.24, 2.45) is 0 Å². The van der Waals surface area contributed by atoms with Crippen LogP contribution in [0.4, 0.5) is 0 Å². The second-order valence-electron chi connectivity index (χ2n) is 4.85. The van der Waals surface area contributed by atoms with Crippen LogP contribution in [0.3, 0.4) is 0 Å². The highest BCUT2D eigenvalue weighted by atomic mass is 35.5. The van der Waals surface area contributed by atoms with Gasteiger partial charge in [0, 0.05) is 30.9 Å². The van der Waals surface area contributed by atoms with Crippen LogP contribution in [-0.4, -0.2) is 41.9 Å². The standard InChI is InChI=1S/C12H21ClN2O/c13-7-3-5-12(16)14-10-6-9-15-8-2-1-4-11(10)15/h10-11H,1-9H2,(H,14,16). The van der Waals surface area contributed by atoms with Crippen molar-refractivity contribution in [1.82, 2.24) is 10.2 Å². The fourth-order valence-corrected chi connectivity index (χ4v) is 3.06. The SMILES string of the molecule is O=C(CCCCl)NC1CCN2CCCCC12. The molecule has 0 aliphatic carbocycles. The second kappa shape index (κ2) is 5.87. The van der Waals surface area contributed by atoms with E-state index < -0.39 is 0 Å². The van der Waals surface area contributed by atoms with E-state index in [0.29, 0.717) is 24.4 Å². The lowest BCUT2D eigenvalue weighted by Gasteiger charge is -2.32. The number of halogens is 1. The van der Waals surface area contributed by atoms with Crippen molar-refractivity contribution in [3.63, 3.8) is 0 Å². The maximum absolute atomic E-state index is 11.6. The van der Waals surface area contributed by atoms with Gasteiger partial charge in [-0.2, -0.15) is 0 Å². The predicted octanol–water partition coefficient (Wildman–Crippen LogP) is 1.75. The van der Waals surface area contributed by atoms with Gasteiger partial charge in [0.2, 0.25) is 5.91 Å². The molecule has 1 amide bonds. The number of hydrogen-bond donors (Lipinski definition) is 1. The van der Waals surface area contributed by atoms with Gasteiger partial charge in [0.25, 0.3) is 0 Å². The first-order valence-corrected chi connectivity index (χ1v) is 6.94. The third-order valence-corrected chi connectivity index (χ3v) is 4.01. The molecule has 4 heteroatoms. The van der Waals surface area contributed by atoms with Crippen LogP contribution in [0.2, 0.25) is 0 Å². The van der Waals surface area contributed by atoms with E-state index in [1.54, 1.807) is 0 Å². The van der Waals surface area contributed by atoms with Crippen molar-refractivity contribution >= 4 is 17.5 Å². The van der Waals surface area contributed by atoms with Crippen molar-refractivity contribution in [2.45, 2.75) is 50.6 Å². The molecule has 0 saturated carbocycles. The molecule has 2 aliphatic rings. The van der Waals surface area contributed by atoms with E-state index in [4.69, 9.17) is 11.6 Å². The molecule has 2 heterocycles. The maximum Gasteiger partial charge on any atom is 0.220 e. The van der Waals surface area contributed by atoms with Crippen LogP contribution in [0.25, 0.3) is 0 Å². The smallest absolute Gasteiger partial charge is 0.220 e. The van der Waals surface area contributed by atoms with Gasteiger partial charge in [0.1, 0.15) is 0 Å². The summed E-state index contributed by atoms with van der Waals surface area (Å²) in [6.45, 7) is 2.38. The lowest BCUT2D eigenvalue weighted by atomic mass is 9.99. The zero-order valence-electron chi connectivity index (χ0n) is 9.75. The van der Waals surface area contributed by atoms with Crippen LogP contribution in [0.5, 0.6) is 0 Å². The Kier molecular flexibility index (Phi) is 4.47. The highest BCUT2D eigenvalue weighted by Gasteiger charge is 2.35. The highest BCUT2D eigenvalue weighted by Crippen LogP contribution is 2.27. The van der Waals surface area contributed by atoms with Gasteiger partial charge < -0.3 is 5.32 Å². The number of carbonyl (C=O) groups excluding carboxylic acids is 1. The summed E-state index contributed by atoms with van der Waals surface area (Å²) >= 11 is 5.58. The molecule has 16 heavy (non-hydrogen) atoms. The summed E-state index contributed by atoms with van der Waals surface area (Å²) in [5, 5.41) is 3.17. The number of amides is 1. The number of piperidine rings is 1. The van der Waals surface area contributed by atoms with Gasteiger partial charge in [-0.3, -0.25) is 9.69 Å². The molecule has 1 N–H and O–H groups in total. The fourth-order valence-electron chi connectivity index (χ4n) is 2.92. The Morgan fingerprint density at radius 2 is 2.19 bits per heavy atom. The molecular weight excluding hydrogens is 224 g/mol. The molecule has 2 unspecified atom stereocenters. The Labute approximate surface area is 103 Å². The summed E-state index contributed by atoms with van der Waals surface area (Å²) in [4.78, 5) is 14.2. The summed E-state index contributed by atoms with van der Waals surface area (Å²) in [5.41, 5.74) is 0. The monoisotopic (exact) mass is 244 g/mol. The Bertz CT molecular complexity index is 247. The van der Waals surface area contributed by atoms with E-state index in [1.807, 2.05) is 0 Å². The number of alkyl halides is 1. The van der Waals surface area contributed by atoms with Crippen molar-refractivity contribution in [2.75, 3.05) is 19.0 Å². The first-order chi connectivity index (χ1) is 7.81. The lowest BCUT2D eigenvalue weighted by molar-refractivity contribution is -0.122. The van der Waals surface area contributed by atoms with E-state index in [0.717, 1.165) is 19.4 Å². The van der Waals surface area contributed by atoms with Gasteiger partial charge in [-0.15, -0.1) is 11.6 Å². The maximum atomic E-state index is 11.6. The van der Waals surface area contributed by atoms with Gasteiger partial charge >= 0.3 is 0 Å². The van der Waals surface area contributed by atoms with Gasteiger partial charge in [-0.1, -0.05) is 6.42 Å². The van der Waals surface area contributed by atoms with Gasteiger partial charge in [-0.25, -0.2) is 0 Å². The molecule has 0 aromatic rings. The normalized spacial score (nSPS) is 30.1. The molecule has 2 aliphatic heterocycles. The minimum atomic E-state index is 0.179. The Balaban J connectivity index is 1.79. The molecule has 0 spiro atoms. The molecule has 2 rings (SSSR count). The number of nitrogens with one attached hydrogen (secondary N) is 1. The first-order valence-electron chi connectivity index (χ1n) is 6.40. The molecule has 0 aromatic heterocycles. The Hall–Kier alpha value is -0.280. The largest absolute Gasteiger partial charge is 0.352 e. The van der Waals surface area contributed by atoms with Crippen molar-refractivity contribution in [3.8, 4) is 0 Å². The molecule has 0 radical (unpaired) electrons. The summed E-state index contributed by atoms with van der Waals surface area (Å²) in [5.74, 6) is 0.756. The molecule has 2 fully saturated rings. The zero-order valence-corrected chi connectivity index (χ0v) is 10.5. The average molecular weight is 245 g/mol. The second-order valence-corrected chi connectivity index (χ2v) is 5.23. The molecule has 2 saturated heterocycles. The summed E-state index contributed by atoms with van der Waals surface area (Å²) in [6, 6.07) is 0.997. The third-order valence-electron chi connectivity index (χ3n) is 3.74. The lowest BCUT2D eigenvalue weighted by Crippen LogP contribution is -2.46. The van der Waals surface area contributed by atoms with E-state index in [9.17, 15) is 4.79 Å². The van der Waals surface area contributed by atoms with Crippen LogP contribution >= 0.6 is 11.6 Å². The van der Waals surface area contributed by atoms with Crippen LogP contribution < -0.4 is 5.32 Å². The Morgan fingerprint density at radius 1 is 1.31 bits per heavy atom. The van der Waals surface area contributed by atoms with Crippen molar-refractivity contribution in [3.05, 3.63) is 0 Å². The summed E-state index contributed by atoms with van der Waals surface area (Å²) in [6.07, 6.45) is 6.37. The minimum absolute atomic E-state index is 0.179. The molecule has 0 bridgehead atoms. The first kappa shape index (κ1) is 12.2. The number of carbonyl (C=O) groups is 1. The summed E-state index contributed by atoms with van der Waals surface area (Å²) < 4.78 is 0. The molecule has 3 nitrogen and oxygen atoms in total. The van der Waals surface area contributed by atoms with Gasteiger partial charge in [0.05, 0.1) is 0 Å². The number of fused-ring (bicyclic) bond motifs is 1. The Morgan fingerprint density at radius 3 is 3.00 bits per heavy atom. The highest BCUT2D eigenvalue weighted by molar-refractivity contribution is 6.17. The van der Waals surface area contributed by atoms with E-state index in [-0.39, 0.29) is 5.91 Å². The zero-order chi connectivity index (χ0) is 11.4. The van der Waals surface area contributed by atoms with Crippen molar-refractivity contribution < 1.29 is 4.79 Å². The number of nitrogens with zero attached hydrogens (tertiary/aromatic N) is 1. The number of rotatable bonds is 4. The van der Waals surface area contributed by atoms with E-state index >= 15 is 0 Å². The topological polar surface area (TPSA) is 32.3 Å². The van der Waals surface area contributed by atoms with Crippen LogP contribution in [0.1, 0.15) is 38.5 Å². The fraction of sp³-hybridized carbons (Fsp3) is 0.917. The molecule has 92 valence electrons. The van der Waals surface area contributed by atoms with Crippen LogP contribution in [0, 0.1) is 0 Å². The van der Waals surface area contributed by atoms with Crippen LogP contribution in [0.15, 0.2) is 0 Å². The molecule has 0 aromatic carbocycles. The third kappa shape index (κ3) is 2.89. The minimum Gasteiger partial charge on any atom is -0.352 e.